The molecule has 1 aromatic heterocycles. The first-order valence-corrected chi connectivity index (χ1v) is 3.85. The van der Waals surface area contributed by atoms with E-state index >= 15 is 0 Å². The molecule has 2 rings (SSSR count). The second kappa shape index (κ2) is 3.06. The fraction of sp³-hybridized carbons (Fsp3) is 0.429. The zero-order valence-corrected chi connectivity index (χ0v) is 6.82. The largest absolute Gasteiger partial charge is 0.468 e. The number of hydrogen-bond acceptors (Lipinski definition) is 5. The van der Waals surface area contributed by atoms with Crippen LogP contribution in [0.3, 0.4) is 0 Å². The molecule has 0 amide bonds. The van der Waals surface area contributed by atoms with Gasteiger partial charge in [-0.25, -0.2) is 4.98 Å². The molecule has 0 bridgehead atoms. The van der Waals surface area contributed by atoms with Crippen LogP contribution < -0.4 is 16.0 Å². The number of aromatic nitrogens is 2. The number of H-pyrrole nitrogens is 1. The Morgan fingerprint density at radius 3 is 3.08 bits per heavy atom. The predicted octanol–water partition coefficient (Wildman–Crippen LogP) is -0.870. The van der Waals surface area contributed by atoms with Gasteiger partial charge in [-0.15, -0.1) is 0 Å². The number of nitrogens with two attached hydrogens (primary N) is 1. The van der Waals surface area contributed by atoms with Crippen LogP contribution in [0.25, 0.3) is 0 Å². The number of rotatable bonds is 2. The Hall–Kier alpha value is -1.56. The van der Waals surface area contributed by atoms with Crippen LogP contribution in [0.1, 0.15) is 0 Å². The Bertz CT molecular complexity index is 358. The first kappa shape index (κ1) is 8.06. The Morgan fingerprint density at radius 1 is 1.69 bits per heavy atom. The fourth-order valence-corrected chi connectivity index (χ4v) is 0.928. The number of anilines is 1. The van der Waals surface area contributed by atoms with E-state index in [2.05, 4.69) is 9.97 Å². The highest BCUT2D eigenvalue weighted by atomic mass is 16.6. The van der Waals surface area contributed by atoms with Gasteiger partial charge >= 0.3 is 0 Å². The fourth-order valence-electron chi connectivity index (χ4n) is 0.928. The lowest BCUT2D eigenvalue weighted by molar-refractivity contribution is -0.0810. The normalized spacial score (nSPS) is 16.6. The quantitative estimate of drug-likeness (QED) is 0.622. The summed E-state index contributed by atoms with van der Waals surface area (Å²) < 4.78 is 10.2. The van der Waals surface area contributed by atoms with Gasteiger partial charge < -0.3 is 20.2 Å². The minimum atomic E-state index is -0.384. The molecule has 0 saturated carbocycles. The van der Waals surface area contributed by atoms with Crippen LogP contribution in [0, 0.1) is 0 Å². The standard InChI is InChI=1S/C7H9N3O3/c8-5-6(11)9-3-10-7(5)13-4-1-12-2-4/h3-4H,1-2,8H2,(H,9,10,11). The number of nitrogen functional groups attached to an aromatic ring is 1. The van der Waals surface area contributed by atoms with Crippen molar-refractivity contribution in [3.05, 3.63) is 16.7 Å². The maximum absolute atomic E-state index is 11.0. The van der Waals surface area contributed by atoms with Crippen LogP contribution >= 0.6 is 0 Å². The third kappa shape index (κ3) is 1.48. The second-order valence-corrected chi connectivity index (χ2v) is 2.73. The summed E-state index contributed by atoms with van der Waals surface area (Å²) in [5.74, 6) is 0.178. The number of aromatic amines is 1. The molecule has 1 fully saturated rings. The molecule has 1 saturated heterocycles. The van der Waals surface area contributed by atoms with Crippen molar-refractivity contribution in [2.45, 2.75) is 6.10 Å². The minimum Gasteiger partial charge on any atom is -0.468 e. The predicted molar refractivity (Wildman–Crippen MR) is 44.5 cm³/mol. The van der Waals surface area contributed by atoms with Crippen molar-refractivity contribution < 1.29 is 9.47 Å². The number of hydrogen-bond donors (Lipinski definition) is 2. The van der Waals surface area contributed by atoms with Crippen molar-refractivity contribution in [1.29, 1.82) is 0 Å². The van der Waals surface area contributed by atoms with Crippen LogP contribution in [0.2, 0.25) is 0 Å². The molecule has 1 aliphatic heterocycles. The van der Waals surface area contributed by atoms with E-state index in [-0.39, 0.29) is 23.2 Å². The van der Waals surface area contributed by atoms with Gasteiger partial charge in [0.15, 0.2) is 5.69 Å². The van der Waals surface area contributed by atoms with Gasteiger partial charge in [-0.1, -0.05) is 0 Å². The van der Waals surface area contributed by atoms with Gasteiger partial charge in [0.1, 0.15) is 6.10 Å². The molecule has 1 aromatic rings. The third-order valence-electron chi connectivity index (χ3n) is 1.74. The number of nitrogens with zero attached hydrogens (tertiary/aromatic N) is 1. The van der Waals surface area contributed by atoms with Gasteiger partial charge in [-0.3, -0.25) is 4.79 Å². The summed E-state index contributed by atoms with van der Waals surface area (Å²) in [6.07, 6.45) is 1.23. The van der Waals surface area contributed by atoms with Crippen LogP contribution in [-0.4, -0.2) is 29.3 Å². The summed E-state index contributed by atoms with van der Waals surface area (Å²) in [6, 6.07) is 0. The Labute approximate surface area is 73.7 Å². The zero-order chi connectivity index (χ0) is 9.26. The highest BCUT2D eigenvalue weighted by Crippen LogP contribution is 2.16. The summed E-state index contributed by atoms with van der Waals surface area (Å²) >= 11 is 0. The van der Waals surface area contributed by atoms with E-state index in [9.17, 15) is 4.79 Å². The monoisotopic (exact) mass is 183 g/mol. The molecule has 6 nitrogen and oxygen atoms in total. The van der Waals surface area contributed by atoms with Gasteiger partial charge in [-0.2, -0.15) is 0 Å². The molecule has 0 spiro atoms. The van der Waals surface area contributed by atoms with Crippen molar-refractivity contribution in [2.24, 2.45) is 0 Å². The molecule has 1 aliphatic rings. The summed E-state index contributed by atoms with van der Waals surface area (Å²) in [6.45, 7) is 1.04. The zero-order valence-electron chi connectivity index (χ0n) is 6.82. The molecule has 0 aliphatic carbocycles. The summed E-state index contributed by atoms with van der Waals surface area (Å²) in [5, 5.41) is 0. The molecular weight excluding hydrogens is 174 g/mol. The summed E-state index contributed by atoms with van der Waals surface area (Å²) in [5.41, 5.74) is 5.06. The number of ether oxygens (including phenoxy) is 2. The smallest absolute Gasteiger partial charge is 0.277 e. The van der Waals surface area contributed by atoms with Crippen molar-refractivity contribution in [2.75, 3.05) is 18.9 Å². The van der Waals surface area contributed by atoms with Gasteiger partial charge in [0, 0.05) is 0 Å². The molecule has 70 valence electrons. The average molecular weight is 183 g/mol. The van der Waals surface area contributed by atoms with Crippen LogP contribution in [0.4, 0.5) is 5.69 Å². The lowest BCUT2D eigenvalue weighted by Gasteiger charge is -2.26. The van der Waals surface area contributed by atoms with Gasteiger partial charge in [0.25, 0.3) is 5.56 Å². The van der Waals surface area contributed by atoms with E-state index in [0.717, 1.165) is 0 Å². The molecule has 0 radical (unpaired) electrons. The van der Waals surface area contributed by atoms with E-state index in [4.69, 9.17) is 15.2 Å². The molecule has 2 heterocycles. The maximum atomic E-state index is 11.0. The highest BCUT2D eigenvalue weighted by Gasteiger charge is 2.22. The molecule has 0 unspecified atom stereocenters. The van der Waals surface area contributed by atoms with Crippen LogP contribution in [-0.2, 0) is 4.74 Å². The average Bonchev–Trinajstić information content (AvgIpc) is 2.04. The first-order valence-electron chi connectivity index (χ1n) is 3.85. The van der Waals surface area contributed by atoms with E-state index in [0.29, 0.717) is 13.2 Å². The molecule has 0 aromatic carbocycles. The molecular formula is C7H9N3O3. The van der Waals surface area contributed by atoms with E-state index < -0.39 is 0 Å². The van der Waals surface area contributed by atoms with Crippen molar-refractivity contribution >= 4 is 5.69 Å². The Balaban J connectivity index is 2.19. The van der Waals surface area contributed by atoms with Gasteiger partial charge in [-0.05, 0) is 0 Å². The topological polar surface area (TPSA) is 90.2 Å². The van der Waals surface area contributed by atoms with Crippen molar-refractivity contribution in [3.8, 4) is 5.88 Å². The van der Waals surface area contributed by atoms with E-state index in [1.54, 1.807) is 0 Å². The SMILES string of the molecule is Nc1c(OC2COC2)nc[nH]c1=O. The van der Waals surface area contributed by atoms with Crippen LogP contribution in [0.5, 0.6) is 5.88 Å². The minimum absolute atomic E-state index is 0.00870. The molecule has 13 heavy (non-hydrogen) atoms. The Morgan fingerprint density at radius 2 is 2.46 bits per heavy atom. The van der Waals surface area contributed by atoms with Crippen LogP contribution in [0.15, 0.2) is 11.1 Å². The van der Waals surface area contributed by atoms with Crippen molar-refractivity contribution in [1.82, 2.24) is 9.97 Å². The molecule has 0 atom stereocenters. The highest BCUT2D eigenvalue weighted by molar-refractivity contribution is 5.44. The molecule has 3 N–H and O–H groups in total. The summed E-state index contributed by atoms with van der Waals surface area (Å²) in [7, 11) is 0. The molecule has 6 heteroatoms. The van der Waals surface area contributed by atoms with E-state index in [1.807, 2.05) is 0 Å². The lowest BCUT2D eigenvalue weighted by atomic mass is 10.3. The summed E-state index contributed by atoms with van der Waals surface area (Å²) in [4.78, 5) is 17.1. The number of nitrogens with one attached hydrogen (secondary N) is 1. The second-order valence-electron chi connectivity index (χ2n) is 2.73. The van der Waals surface area contributed by atoms with Gasteiger partial charge in [0.05, 0.1) is 19.5 Å². The Kier molecular flexibility index (Phi) is 1.90. The van der Waals surface area contributed by atoms with Gasteiger partial charge in [0.2, 0.25) is 5.88 Å². The third-order valence-corrected chi connectivity index (χ3v) is 1.74. The van der Waals surface area contributed by atoms with E-state index in [1.165, 1.54) is 6.33 Å². The maximum Gasteiger partial charge on any atom is 0.277 e. The first-order chi connectivity index (χ1) is 6.27. The lowest BCUT2D eigenvalue weighted by Crippen LogP contribution is -2.39. The van der Waals surface area contributed by atoms with Crippen molar-refractivity contribution in [3.63, 3.8) is 0 Å².